The maximum Gasteiger partial charge on any atom is 0.407 e. The Morgan fingerprint density at radius 3 is 2.50 bits per heavy atom. The van der Waals surface area contributed by atoms with Gasteiger partial charge in [0.2, 0.25) is 10.0 Å². The van der Waals surface area contributed by atoms with E-state index in [1.165, 1.54) is 32.2 Å². The molecule has 28 heavy (non-hydrogen) atoms. The lowest BCUT2D eigenvalue weighted by Crippen LogP contribution is -2.51. The van der Waals surface area contributed by atoms with E-state index in [0.717, 1.165) is 4.31 Å². The average molecular weight is 433 g/mol. The van der Waals surface area contributed by atoms with Crippen LogP contribution in [0.4, 0.5) is 4.79 Å². The smallest absolute Gasteiger partial charge is 0.407 e. The highest BCUT2D eigenvalue weighted by atomic mass is 35.5. The highest BCUT2D eigenvalue weighted by molar-refractivity contribution is 7.89. The van der Waals surface area contributed by atoms with E-state index in [0.29, 0.717) is 0 Å². The van der Waals surface area contributed by atoms with Crippen LogP contribution in [0.25, 0.3) is 0 Å². The number of rotatable bonds is 4. The molecule has 0 aromatic heterocycles. The molecule has 0 spiro atoms. The van der Waals surface area contributed by atoms with E-state index in [1.54, 1.807) is 26.8 Å². The molecule has 2 atom stereocenters. The predicted molar refractivity (Wildman–Crippen MR) is 104 cm³/mol. The first-order chi connectivity index (χ1) is 12.8. The molecule has 1 fully saturated rings. The van der Waals surface area contributed by atoms with E-state index in [-0.39, 0.29) is 22.9 Å². The maximum atomic E-state index is 13.2. The molecule has 1 saturated heterocycles. The van der Waals surface area contributed by atoms with Crippen molar-refractivity contribution in [2.45, 2.75) is 56.2 Å². The molecule has 0 aliphatic carbocycles. The summed E-state index contributed by atoms with van der Waals surface area (Å²) in [5.41, 5.74) is -2.20. The van der Waals surface area contributed by atoms with Crippen LogP contribution in [0, 0.1) is 0 Å². The highest BCUT2D eigenvalue weighted by Gasteiger charge is 2.54. The third-order valence-electron chi connectivity index (χ3n) is 4.31. The number of nitrogens with zero attached hydrogens (tertiary/aromatic N) is 1. The van der Waals surface area contributed by atoms with Crippen LogP contribution < -0.4 is 5.32 Å². The van der Waals surface area contributed by atoms with E-state index < -0.39 is 39.3 Å². The molecular weight excluding hydrogens is 408 g/mol. The minimum atomic E-state index is -4.07. The van der Waals surface area contributed by atoms with Crippen molar-refractivity contribution in [1.82, 2.24) is 9.62 Å². The van der Waals surface area contributed by atoms with Crippen molar-refractivity contribution in [1.29, 1.82) is 0 Å². The quantitative estimate of drug-likeness (QED) is 0.733. The summed E-state index contributed by atoms with van der Waals surface area (Å²) in [6, 6.07) is 5.14. The van der Waals surface area contributed by atoms with Crippen molar-refractivity contribution >= 4 is 33.7 Å². The number of benzene rings is 1. The van der Waals surface area contributed by atoms with Gasteiger partial charge in [0.1, 0.15) is 11.1 Å². The Morgan fingerprint density at radius 2 is 1.96 bits per heavy atom. The molecule has 0 saturated carbocycles. The van der Waals surface area contributed by atoms with Gasteiger partial charge in [0, 0.05) is 17.6 Å². The minimum Gasteiger partial charge on any atom is -0.468 e. The Balaban J connectivity index is 2.35. The van der Waals surface area contributed by atoms with Crippen molar-refractivity contribution in [3.63, 3.8) is 0 Å². The largest absolute Gasteiger partial charge is 0.468 e. The van der Waals surface area contributed by atoms with Gasteiger partial charge in [-0.25, -0.2) is 13.2 Å². The number of amides is 1. The SMILES string of the molecule is COC(=O)[C@]1(C)CC(NC(=O)OC(C)(C)C)CN1S(=O)(=O)c1cccc(Cl)c1. The summed E-state index contributed by atoms with van der Waals surface area (Å²) >= 11 is 5.93. The second kappa shape index (κ2) is 7.88. The summed E-state index contributed by atoms with van der Waals surface area (Å²) in [6.07, 6.45) is -0.648. The van der Waals surface area contributed by atoms with E-state index >= 15 is 0 Å². The molecule has 1 N–H and O–H groups in total. The number of esters is 1. The Hall–Kier alpha value is -1.84. The van der Waals surface area contributed by atoms with Gasteiger partial charge in [-0.15, -0.1) is 0 Å². The van der Waals surface area contributed by atoms with Gasteiger partial charge in [-0.3, -0.25) is 4.79 Å². The highest BCUT2D eigenvalue weighted by Crippen LogP contribution is 2.36. The van der Waals surface area contributed by atoms with Crippen molar-refractivity contribution < 1.29 is 27.5 Å². The van der Waals surface area contributed by atoms with Crippen molar-refractivity contribution in [3.05, 3.63) is 29.3 Å². The molecule has 2 rings (SSSR count). The van der Waals surface area contributed by atoms with Gasteiger partial charge in [-0.2, -0.15) is 4.31 Å². The maximum absolute atomic E-state index is 13.2. The molecule has 1 amide bonds. The summed E-state index contributed by atoms with van der Waals surface area (Å²) in [5, 5.41) is 2.89. The first-order valence-corrected chi connectivity index (χ1v) is 10.5. The molecule has 10 heteroatoms. The third-order valence-corrected chi connectivity index (χ3v) is 6.53. The number of methoxy groups -OCH3 is 1. The number of carbonyl (C=O) groups is 2. The fraction of sp³-hybridized carbons (Fsp3) is 0.556. The second-order valence-corrected chi connectivity index (χ2v) is 10.1. The molecule has 1 aromatic carbocycles. The Labute approximate surface area is 170 Å². The minimum absolute atomic E-state index is 0.0404. The van der Waals surface area contributed by atoms with Gasteiger partial charge in [-0.05, 0) is 52.3 Å². The molecule has 8 nitrogen and oxygen atoms in total. The number of sulfonamides is 1. The van der Waals surface area contributed by atoms with Crippen LogP contribution >= 0.6 is 11.6 Å². The van der Waals surface area contributed by atoms with Crippen LogP contribution in [0.15, 0.2) is 29.2 Å². The number of nitrogens with one attached hydrogen (secondary N) is 1. The fourth-order valence-electron chi connectivity index (χ4n) is 3.14. The monoisotopic (exact) mass is 432 g/mol. The van der Waals surface area contributed by atoms with Crippen LogP contribution in [0.3, 0.4) is 0 Å². The Bertz CT molecular complexity index is 867. The lowest BCUT2D eigenvalue weighted by atomic mass is 9.99. The number of hydrogen-bond donors (Lipinski definition) is 1. The van der Waals surface area contributed by atoms with Gasteiger partial charge >= 0.3 is 12.1 Å². The van der Waals surface area contributed by atoms with Gasteiger partial charge in [-0.1, -0.05) is 17.7 Å². The summed E-state index contributed by atoms with van der Waals surface area (Å²) in [6.45, 7) is 6.51. The van der Waals surface area contributed by atoms with Gasteiger partial charge in [0.25, 0.3) is 0 Å². The van der Waals surface area contributed by atoms with Gasteiger partial charge < -0.3 is 14.8 Å². The Morgan fingerprint density at radius 1 is 1.32 bits per heavy atom. The van der Waals surface area contributed by atoms with Crippen LogP contribution in [0.1, 0.15) is 34.1 Å². The molecule has 1 aliphatic rings. The fourth-order valence-corrected chi connectivity index (χ4v) is 5.23. The topological polar surface area (TPSA) is 102 Å². The Kier molecular flexibility index (Phi) is 6.32. The number of halogens is 1. The molecule has 1 heterocycles. The van der Waals surface area contributed by atoms with Crippen molar-refractivity contribution in [3.8, 4) is 0 Å². The molecule has 1 aromatic rings. The zero-order chi connectivity index (χ0) is 21.3. The van der Waals surface area contributed by atoms with E-state index in [2.05, 4.69) is 5.32 Å². The van der Waals surface area contributed by atoms with Gasteiger partial charge in [0.15, 0.2) is 0 Å². The third kappa shape index (κ3) is 4.76. The van der Waals surface area contributed by atoms with Crippen molar-refractivity contribution in [2.75, 3.05) is 13.7 Å². The normalized spacial score (nSPS) is 23.3. The van der Waals surface area contributed by atoms with Crippen molar-refractivity contribution in [2.24, 2.45) is 0 Å². The van der Waals surface area contributed by atoms with Crippen LogP contribution in [0.5, 0.6) is 0 Å². The van der Waals surface area contributed by atoms with E-state index in [1.807, 2.05) is 0 Å². The molecular formula is C18H25ClN2O6S. The summed E-state index contributed by atoms with van der Waals surface area (Å²) in [5.74, 6) is -0.716. The molecule has 0 bridgehead atoms. The zero-order valence-corrected chi connectivity index (χ0v) is 18.1. The lowest BCUT2D eigenvalue weighted by molar-refractivity contribution is -0.149. The first-order valence-electron chi connectivity index (χ1n) is 8.66. The number of carbonyl (C=O) groups excluding carboxylic acids is 2. The van der Waals surface area contributed by atoms with E-state index in [9.17, 15) is 18.0 Å². The van der Waals surface area contributed by atoms with Crippen LogP contribution in [0.2, 0.25) is 5.02 Å². The molecule has 0 radical (unpaired) electrons. The number of alkyl carbamates (subject to hydrolysis) is 1. The zero-order valence-electron chi connectivity index (χ0n) is 16.5. The lowest BCUT2D eigenvalue weighted by Gasteiger charge is -2.31. The molecule has 1 unspecified atom stereocenters. The van der Waals surface area contributed by atoms with Crippen LogP contribution in [-0.4, -0.2) is 55.6 Å². The summed E-state index contributed by atoms with van der Waals surface area (Å²) < 4.78 is 37.5. The average Bonchev–Trinajstić information content (AvgIpc) is 2.90. The van der Waals surface area contributed by atoms with Gasteiger partial charge in [0.05, 0.1) is 12.0 Å². The second-order valence-electron chi connectivity index (χ2n) is 7.81. The molecule has 1 aliphatic heterocycles. The predicted octanol–water partition coefficient (Wildman–Crippen LogP) is 2.56. The van der Waals surface area contributed by atoms with Crippen LogP contribution in [-0.2, 0) is 24.3 Å². The summed E-state index contributed by atoms with van der Waals surface area (Å²) in [4.78, 5) is 24.5. The molecule has 156 valence electrons. The summed E-state index contributed by atoms with van der Waals surface area (Å²) in [7, 11) is -2.88. The number of ether oxygens (including phenoxy) is 2. The first kappa shape index (κ1) is 22.4. The number of hydrogen-bond acceptors (Lipinski definition) is 6. The standard InChI is InChI=1S/C18H25ClN2O6S/c1-17(2,3)27-16(23)20-13-10-18(4,15(22)26-5)21(11-13)28(24,25)14-8-6-7-12(19)9-14/h6-9,13H,10-11H2,1-5H3,(H,20,23)/t13?,18-/m0/s1. The van der Waals surface area contributed by atoms with E-state index in [4.69, 9.17) is 21.1 Å².